The molecule has 5 nitrogen and oxygen atoms in total. The van der Waals surface area contributed by atoms with Gasteiger partial charge in [-0.1, -0.05) is 36.4 Å². The largest absolute Gasteiger partial charge is 0.465 e. The van der Waals surface area contributed by atoms with E-state index >= 15 is 0 Å². The van der Waals surface area contributed by atoms with Crippen molar-refractivity contribution >= 4 is 34.7 Å². The van der Waals surface area contributed by atoms with Gasteiger partial charge in [0.2, 0.25) is 0 Å². The summed E-state index contributed by atoms with van der Waals surface area (Å²) < 4.78 is 10.7. The van der Waals surface area contributed by atoms with Crippen molar-refractivity contribution < 1.29 is 19.1 Å². The Morgan fingerprint density at radius 2 is 1.75 bits per heavy atom. The number of hydrogen-bond acceptors (Lipinski definition) is 6. The Morgan fingerprint density at radius 1 is 1.04 bits per heavy atom. The molecule has 28 heavy (non-hydrogen) atoms. The molecule has 0 aliphatic carbocycles. The first-order valence-corrected chi connectivity index (χ1v) is 10.2. The third-order valence-corrected chi connectivity index (χ3v) is 5.53. The van der Waals surface area contributed by atoms with Crippen LogP contribution in [0.15, 0.2) is 58.4 Å². The summed E-state index contributed by atoms with van der Waals surface area (Å²) in [6, 6.07) is 13.4. The first-order valence-electron chi connectivity index (χ1n) is 9.30. The number of thiophene rings is 1. The molecule has 0 saturated heterocycles. The molecule has 0 bridgehead atoms. The second kappa shape index (κ2) is 8.97. The van der Waals surface area contributed by atoms with E-state index in [0.717, 1.165) is 10.4 Å². The lowest BCUT2D eigenvalue weighted by atomic mass is 9.78. The van der Waals surface area contributed by atoms with E-state index < -0.39 is 17.8 Å². The van der Waals surface area contributed by atoms with Crippen molar-refractivity contribution in [1.82, 2.24) is 0 Å². The van der Waals surface area contributed by atoms with Gasteiger partial charge in [-0.05, 0) is 32.2 Å². The van der Waals surface area contributed by atoms with E-state index in [4.69, 9.17) is 9.47 Å². The molecule has 1 aromatic carbocycles. The Hall–Kier alpha value is -2.73. The third kappa shape index (κ3) is 3.92. The number of nitrogens with zero attached hydrogens (tertiary/aromatic N) is 1. The standard InChI is InChI=1S/C22H23NO4S/c1-4-26-21(24)17-14(3)23-20(15-10-7-6-8-11-15)19(22(25)27-5-2)18(17)16-12-9-13-28-16/h6-13,17-18H,4-5H2,1-3H3. The average Bonchev–Trinajstić information content (AvgIpc) is 3.22. The van der Waals surface area contributed by atoms with Crippen LogP contribution in [0.3, 0.4) is 0 Å². The van der Waals surface area contributed by atoms with Crippen molar-refractivity contribution in [3.63, 3.8) is 0 Å². The number of rotatable bonds is 6. The maximum absolute atomic E-state index is 13.0. The molecule has 0 spiro atoms. The van der Waals surface area contributed by atoms with E-state index in [2.05, 4.69) is 4.99 Å². The van der Waals surface area contributed by atoms with Crippen LogP contribution in [0.4, 0.5) is 0 Å². The summed E-state index contributed by atoms with van der Waals surface area (Å²) in [5, 5.41) is 1.93. The summed E-state index contributed by atoms with van der Waals surface area (Å²) in [6.45, 7) is 5.86. The average molecular weight is 397 g/mol. The van der Waals surface area contributed by atoms with Crippen LogP contribution >= 0.6 is 11.3 Å². The molecule has 0 fully saturated rings. The second-order valence-electron chi connectivity index (χ2n) is 6.32. The third-order valence-electron chi connectivity index (χ3n) is 4.57. The monoisotopic (exact) mass is 397 g/mol. The van der Waals surface area contributed by atoms with Crippen LogP contribution in [0.25, 0.3) is 5.70 Å². The van der Waals surface area contributed by atoms with Crippen LogP contribution in [-0.4, -0.2) is 30.9 Å². The molecule has 2 unspecified atom stereocenters. The first-order chi connectivity index (χ1) is 13.6. The van der Waals surface area contributed by atoms with Gasteiger partial charge in [-0.15, -0.1) is 11.3 Å². The predicted octanol–water partition coefficient (Wildman–Crippen LogP) is 4.46. The number of ether oxygens (including phenoxy) is 2. The summed E-state index contributed by atoms with van der Waals surface area (Å²) in [4.78, 5) is 31.4. The Bertz CT molecular complexity index is 900. The minimum absolute atomic E-state index is 0.244. The van der Waals surface area contributed by atoms with E-state index in [-0.39, 0.29) is 19.2 Å². The van der Waals surface area contributed by atoms with Crippen LogP contribution in [0.2, 0.25) is 0 Å². The minimum Gasteiger partial charge on any atom is -0.465 e. The molecular formula is C22H23NO4S. The fourth-order valence-corrected chi connectivity index (χ4v) is 4.30. The zero-order valence-corrected chi connectivity index (χ0v) is 17.0. The van der Waals surface area contributed by atoms with Crippen LogP contribution in [0, 0.1) is 5.92 Å². The molecule has 0 amide bonds. The van der Waals surface area contributed by atoms with Gasteiger partial charge in [0.25, 0.3) is 0 Å². The molecular weight excluding hydrogens is 374 g/mol. The lowest BCUT2D eigenvalue weighted by Gasteiger charge is -2.31. The SMILES string of the molecule is CCOC(=O)C1=C(c2ccccc2)N=C(C)C(C(=O)OCC)C1c1cccs1. The van der Waals surface area contributed by atoms with E-state index in [1.54, 1.807) is 13.8 Å². The molecule has 6 heteroatoms. The topological polar surface area (TPSA) is 65.0 Å². The lowest BCUT2D eigenvalue weighted by Crippen LogP contribution is -2.36. The van der Waals surface area contributed by atoms with Gasteiger partial charge in [-0.3, -0.25) is 9.79 Å². The van der Waals surface area contributed by atoms with Crippen molar-refractivity contribution in [3.05, 3.63) is 63.9 Å². The highest BCUT2D eigenvalue weighted by molar-refractivity contribution is 7.10. The van der Waals surface area contributed by atoms with Gasteiger partial charge in [0.15, 0.2) is 0 Å². The van der Waals surface area contributed by atoms with E-state index in [9.17, 15) is 9.59 Å². The second-order valence-corrected chi connectivity index (χ2v) is 7.30. The summed E-state index contributed by atoms with van der Waals surface area (Å²) in [6.07, 6.45) is 0. The fraction of sp³-hybridized carbons (Fsp3) is 0.318. The van der Waals surface area contributed by atoms with Crippen molar-refractivity contribution in [2.24, 2.45) is 10.9 Å². The molecule has 2 aromatic rings. The van der Waals surface area contributed by atoms with Crippen molar-refractivity contribution in [2.75, 3.05) is 13.2 Å². The van der Waals surface area contributed by atoms with Crippen LogP contribution in [-0.2, 0) is 19.1 Å². The Labute approximate surface area is 168 Å². The summed E-state index contributed by atoms with van der Waals surface area (Å²) in [5.74, 6) is -1.99. The highest BCUT2D eigenvalue weighted by Crippen LogP contribution is 2.44. The van der Waals surface area contributed by atoms with Crippen molar-refractivity contribution in [3.8, 4) is 0 Å². The number of carbonyl (C=O) groups excluding carboxylic acids is 2. The molecule has 1 aliphatic rings. The molecule has 146 valence electrons. The van der Waals surface area contributed by atoms with E-state index in [1.807, 2.05) is 54.8 Å². The van der Waals surface area contributed by atoms with E-state index in [1.165, 1.54) is 11.3 Å². The van der Waals surface area contributed by atoms with Crippen LogP contribution in [0.1, 0.15) is 37.1 Å². The van der Waals surface area contributed by atoms with Gasteiger partial charge in [0.05, 0.1) is 24.5 Å². The highest BCUT2D eigenvalue weighted by atomic mass is 32.1. The van der Waals surface area contributed by atoms with Gasteiger partial charge in [-0.25, -0.2) is 4.79 Å². The Balaban J connectivity index is 2.24. The van der Waals surface area contributed by atoms with Crippen LogP contribution in [0.5, 0.6) is 0 Å². The summed E-state index contributed by atoms with van der Waals surface area (Å²) >= 11 is 1.50. The predicted molar refractivity (Wildman–Crippen MR) is 110 cm³/mol. The molecule has 2 heterocycles. The number of aliphatic imine (C=N–C) groups is 1. The number of hydrogen-bond donors (Lipinski definition) is 0. The number of esters is 2. The van der Waals surface area contributed by atoms with Gasteiger partial charge in [-0.2, -0.15) is 0 Å². The molecule has 0 N–H and O–H groups in total. The summed E-state index contributed by atoms with van der Waals surface area (Å²) in [5.41, 5.74) is 2.40. The minimum atomic E-state index is -0.662. The zero-order chi connectivity index (χ0) is 20.1. The van der Waals surface area contributed by atoms with Crippen LogP contribution < -0.4 is 0 Å². The Morgan fingerprint density at radius 3 is 2.36 bits per heavy atom. The summed E-state index contributed by atoms with van der Waals surface area (Å²) in [7, 11) is 0. The fourth-order valence-electron chi connectivity index (χ4n) is 3.42. The van der Waals surface area contributed by atoms with Crippen molar-refractivity contribution in [2.45, 2.75) is 26.7 Å². The Kier molecular flexibility index (Phi) is 6.41. The molecule has 1 aliphatic heterocycles. The maximum Gasteiger partial charge on any atom is 0.336 e. The first kappa shape index (κ1) is 20.0. The molecule has 0 saturated carbocycles. The molecule has 3 rings (SSSR count). The molecule has 1 aromatic heterocycles. The maximum atomic E-state index is 13.0. The molecule has 2 atom stereocenters. The van der Waals surface area contributed by atoms with Gasteiger partial charge >= 0.3 is 11.9 Å². The smallest absolute Gasteiger partial charge is 0.336 e. The van der Waals surface area contributed by atoms with E-state index in [0.29, 0.717) is 17.0 Å². The number of carbonyl (C=O) groups is 2. The zero-order valence-electron chi connectivity index (χ0n) is 16.2. The van der Waals surface area contributed by atoms with Crippen molar-refractivity contribution in [1.29, 1.82) is 0 Å². The van der Waals surface area contributed by atoms with Gasteiger partial charge in [0.1, 0.15) is 5.92 Å². The number of benzene rings is 1. The normalized spacial score (nSPS) is 19.2. The quantitative estimate of drug-likeness (QED) is 0.675. The molecule has 0 radical (unpaired) electrons. The van der Waals surface area contributed by atoms with Gasteiger partial charge in [0, 0.05) is 22.1 Å². The van der Waals surface area contributed by atoms with Gasteiger partial charge < -0.3 is 9.47 Å². The highest BCUT2D eigenvalue weighted by Gasteiger charge is 2.43. The lowest BCUT2D eigenvalue weighted by molar-refractivity contribution is -0.146.